The Balaban J connectivity index is 0.000000345. The Bertz CT molecular complexity index is 3140. The Morgan fingerprint density at radius 2 is 0.631 bits per heavy atom. The van der Waals surface area contributed by atoms with E-state index in [0.717, 1.165) is 47.5 Å². The fraction of sp³-hybridized carbons (Fsp3) is 0.429. The smallest absolute Gasteiger partial charge is 0.203 e. The first kappa shape index (κ1) is 73.3. The lowest BCUT2D eigenvalue weighted by Gasteiger charge is -2.25. The summed E-state index contributed by atoms with van der Waals surface area (Å²) in [6.45, 7) is 36.6. The Labute approximate surface area is 505 Å². The second-order valence-corrected chi connectivity index (χ2v) is 25.8. The fourth-order valence-electron chi connectivity index (χ4n) is 8.11. The first-order valence-electron chi connectivity index (χ1n) is 28.5. The third-order valence-electron chi connectivity index (χ3n) is 16.7. The van der Waals surface area contributed by atoms with Gasteiger partial charge in [0, 0.05) is 23.3 Å². The first-order chi connectivity index (χ1) is 38.6. The number of hydrogen-bond acceptors (Lipinski definition) is 9. The highest BCUT2D eigenvalue weighted by molar-refractivity contribution is 9.10. The van der Waals surface area contributed by atoms with Crippen LogP contribution in [0.15, 0.2) is 114 Å². The highest BCUT2D eigenvalue weighted by atomic mass is 79.9. The normalized spacial score (nSPS) is 11.8. The minimum atomic E-state index is -1.75. The molecule has 0 aliphatic heterocycles. The van der Waals surface area contributed by atoms with Gasteiger partial charge in [0.2, 0.25) is 11.6 Å². The molecule has 0 atom stereocenters. The van der Waals surface area contributed by atoms with E-state index >= 15 is 0 Å². The van der Waals surface area contributed by atoms with Gasteiger partial charge in [-0.1, -0.05) is 173 Å². The quantitative estimate of drug-likeness (QED) is 0.0327. The molecule has 0 fully saturated rings. The molecule has 462 valence electrons. The summed E-state index contributed by atoms with van der Waals surface area (Å²) >= 11 is 3.32. The van der Waals surface area contributed by atoms with Gasteiger partial charge < -0.3 is 46.0 Å². The molecule has 0 saturated heterocycles. The van der Waals surface area contributed by atoms with Crippen LogP contribution in [-0.4, -0.2) is 46.0 Å². The van der Waals surface area contributed by atoms with E-state index in [-0.39, 0.29) is 55.8 Å². The lowest BCUT2D eigenvalue weighted by molar-refractivity contribution is 0.333. The SMILES string of the molecule is CCC(C)(C)c1c(F)c(F)c(O)c(F)c1F.CCC(C)(C)c1c(O)cc(O)cc1O.CCC(C)(C)c1ccc(O)c(Br)c1.CCC(C)(C)c1ccc(O)c(O)c1.CCC(C)(C)c1ccc(O)cc1.CCC(C)(C)c1ccc2cc(O)ccc2c1. The zero-order valence-electron chi connectivity index (χ0n) is 52.5. The second-order valence-electron chi connectivity index (χ2n) is 24.9. The van der Waals surface area contributed by atoms with Crippen LogP contribution in [0.25, 0.3) is 10.8 Å². The van der Waals surface area contributed by atoms with E-state index in [1.807, 2.05) is 57.2 Å². The minimum absolute atomic E-state index is 0.0426. The van der Waals surface area contributed by atoms with Crippen LogP contribution in [0.2, 0.25) is 0 Å². The van der Waals surface area contributed by atoms with Gasteiger partial charge in [-0.2, -0.15) is 8.78 Å². The average Bonchev–Trinajstić information content (AvgIpc) is 3.63. The molecule has 0 aliphatic rings. The van der Waals surface area contributed by atoms with Crippen LogP contribution >= 0.6 is 15.9 Å². The van der Waals surface area contributed by atoms with Gasteiger partial charge in [-0.05, 0) is 169 Å². The molecule has 0 spiro atoms. The Morgan fingerprint density at radius 1 is 0.298 bits per heavy atom. The van der Waals surface area contributed by atoms with Gasteiger partial charge >= 0.3 is 0 Å². The number of fused-ring (bicyclic) bond motifs is 1. The summed E-state index contributed by atoms with van der Waals surface area (Å²) in [6, 6.07) is 32.6. The van der Waals surface area contributed by atoms with Crippen molar-refractivity contribution >= 4 is 26.7 Å². The fourth-order valence-corrected chi connectivity index (χ4v) is 8.49. The number of phenols is 9. The largest absolute Gasteiger partial charge is 0.508 e. The maximum Gasteiger partial charge on any atom is 0.203 e. The molecule has 0 aromatic heterocycles. The molecular formula is C70H93BrF4O9. The lowest BCUT2D eigenvalue weighted by Crippen LogP contribution is -2.21. The van der Waals surface area contributed by atoms with Gasteiger partial charge in [0.15, 0.2) is 28.9 Å². The van der Waals surface area contributed by atoms with E-state index in [1.54, 1.807) is 43.3 Å². The van der Waals surface area contributed by atoms with E-state index in [2.05, 4.69) is 117 Å². The molecule has 9 N–H and O–H groups in total. The van der Waals surface area contributed by atoms with Crippen LogP contribution < -0.4 is 0 Å². The molecule has 0 saturated carbocycles. The predicted octanol–water partition coefficient (Wildman–Crippen LogP) is 20.1. The van der Waals surface area contributed by atoms with Crippen LogP contribution in [0.3, 0.4) is 0 Å². The highest BCUT2D eigenvalue weighted by Crippen LogP contribution is 2.43. The first-order valence-corrected chi connectivity index (χ1v) is 29.3. The van der Waals surface area contributed by atoms with Crippen molar-refractivity contribution in [2.24, 2.45) is 0 Å². The van der Waals surface area contributed by atoms with Crippen molar-refractivity contribution < 1.29 is 63.5 Å². The van der Waals surface area contributed by atoms with Crippen molar-refractivity contribution in [3.05, 3.63) is 170 Å². The zero-order chi connectivity index (χ0) is 64.7. The summed E-state index contributed by atoms with van der Waals surface area (Å²) in [5.41, 5.74) is 4.04. The van der Waals surface area contributed by atoms with Crippen LogP contribution in [0, 0.1) is 23.3 Å². The van der Waals surface area contributed by atoms with Crippen LogP contribution in [0.4, 0.5) is 17.6 Å². The molecule has 14 heteroatoms. The third kappa shape index (κ3) is 19.6. The molecule has 0 aliphatic carbocycles. The monoisotopic (exact) mass is 1230 g/mol. The molecule has 9 nitrogen and oxygen atoms in total. The average molecular weight is 1230 g/mol. The summed E-state index contributed by atoms with van der Waals surface area (Å²) < 4.78 is 53.8. The van der Waals surface area contributed by atoms with E-state index in [0.29, 0.717) is 29.2 Å². The van der Waals surface area contributed by atoms with E-state index < -0.39 is 40.0 Å². The maximum atomic E-state index is 13.4. The summed E-state index contributed by atoms with van der Waals surface area (Å²) in [7, 11) is 0. The highest BCUT2D eigenvalue weighted by Gasteiger charge is 2.34. The number of benzene rings is 7. The van der Waals surface area contributed by atoms with Gasteiger partial charge in [0.25, 0.3) is 0 Å². The molecular weight excluding hydrogens is 1140 g/mol. The van der Waals surface area contributed by atoms with Gasteiger partial charge in [0.05, 0.1) is 4.47 Å². The molecule has 84 heavy (non-hydrogen) atoms. The van der Waals surface area contributed by atoms with Gasteiger partial charge in [-0.25, -0.2) is 8.78 Å². The van der Waals surface area contributed by atoms with E-state index in [4.69, 9.17) is 20.4 Å². The molecule has 7 aromatic rings. The van der Waals surface area contributed by atoms with Crippen molar-refractivity contribution in [2.45, 2.75) is 196 Å². The number of hydrogen-bond donors (Lipinski definition) is 9. The number of aromatic hydroxyl groups is 9. The molecule has 0 bridgehead atoms. The molecule has 0 amide bonds. The van der Waals surface area contributed by atoms with Crippen molar-refractivity contribution in [1.29, 1.82) is 0 Å². The Hall–Kier alpha value is -6.80. The Kier molecular flexibility index (Phi) is 26.5. The predicted molar refractivity (Wildman–Crippen MR) is 339 cm³/mol. The summed E-state index contributed by atoms with van der Waals surface area (Å²) in [5.74, 6) is -7.59. The van der Waals surface area contributed by atoms with E-state index in [1.165, 1.54) is 54.1 Å². The molecule has 0 unspecified atom stereocenters. The standard InChI is InChI=1S/C15H18O.C11H15BrO.C11H12F4O.C11H16O3.C11H16O2.C11H16O/c1-4-15(2,3)13-7-5-12-10-14(16)8-6-11(12)9-13;1-4-11(2,3)8-5-6-10(13)9(12)7-8;1-4-11(2,3)5-6(12)8(14)10(16)9(15)7(5)13;1-4-11(2,3)10-8(13)5-7(12)6-9(10)14;1-4-11(2,3)8-5-6-9(12)10(13)7-8;1-4-11(2,3)9-5-7-10(12)8-6-9/h5-10,16H,4H2,1-3H3;5-7,13H,4H2,1-3H3;16H,4H2,1-3H3;5-6,12-14H,4H2,1-3H3;5-7,12-13H,4H2,1-3H3;5-8,12H,4H2,1-3H3. The van der Waals surface area contributed by atoms with Crippen LogP contribution in [-0.2, 0) is 32.5 Å². The molecule has 0 heterocycles. The third-order valence-corrected chi connectivity index (χ3v) is 17.4. The molecule has 0 radical (unpaired) electrons. The second kappa shape index (κ2) is 30.3. The number of phenolic OH excluding ortho intramolecular Hbond substituents is 9. The Morgan fingerprint density at radius 3 is 1.05 bits per heavy atom. The van der Waals surface area contributed by atoms with Crippen molar-refractivity contribution in [2.75, 3.05) is 0 Å². The van der Waals surface area contributed by atoms with Crippen molar-refractivity contribution in [3.63, 3.8) is 0 Å². The molecule has 7 aromatic carbocycles. The van der Waals surface area contributed by atoms with Crippen molar-refractivity contribution in [3.8, 4) is 51.7 Å². The van der Waals surface area contributed by atoms with Crippen LogP contribution in [0.1, 0.15) is 197 Å². The van der Waals surface area contributed by atoms with Gasteiger partial charge in [-0.15, -0.1) is 0 Å². The van der Waals surface area contributed by atoms with E-state index in [9.17, 15) is 43.1 Å². The van der Waals surface area contributed by atoms with Crippen LogP contribution in [0.5, 0.6) is 51.7 Å². The van der Waals surface area contributed by atoms with Crippen molar-refractivity contribution in [1.82, 2.24) is 0 Å². The topological polar surface area (TPSA) is 182 Å². The maximum absolute atomic E-state index is 13.4. The summed E-state index contributed by atoms with van der Waals surface area (Å²) in [5, 5.41) is 85.7. The molecule has 7 rings (SSSR count). The number of rotatable bonds is 12. The number of halogens is 5. The lowest BCUT2D eigenvalue weighted by atomic mass is 9.81. The minimum Gasteiger partial charge on any atom is -0.508 e. The van der Waals surface area contributed by atoms with Gasteiger partial charge in [0.1, 0.15) is 34.5 Å². The summed E-state index contributed by atoms with van der Waals surface area (Å²) in [6.07, 6.45) is 5.40. The zero-order valence-corrected chi connectivity index (χ0v) is 54.1. The summed E-state index contributed by atoms with van der Waals surface area (Å²) in [4.78, 5) is 0. The van der Waals surface area contributed by atoms with Gasteiger partial charge in [-0.3, -0.25) is 0 Å².